The molecule has 0 bridgehead atoms. The molecule has 3 N–H and O–H groups in total. The molecular weight excluding hydrogens is 269 g/mol. The van der Waals surface area contributed by atoms with Gasteiger partial charge in [0.15, 0.2) is 0 Å². The quantitative estimate of drug-likeness (QED) is 0.838. The van der Waals surface area contributed by atoms with Gasteiger partial charge in [-0.3, -0.25) is 9.69 Å². The molecule has 0 radical (unpaired) electrons. The summed E-state index contributed by atoms with van der Waals surface area (Å²) in [4.78, 5) is 13.9. The summed E-state index contributed by atoms with van der Waals surface area (Å²) in [5, 5.41) is 2.96. The normalized spacial score (nSPS) is 19.4. The highest BCUT2D eigenvalue weighted by molar-refractivity contribution is 5.76. The van der Waals surface area contributed by atoms with Crippen LogP contribution in [-0.4, -0.2) is 36.5 Å². The number of hydrogen-bond acceptors (Lipinski definition) is 3. The topological polar surface area (TPSA) is 58.4 Å². The first-order chi connectivity index (χ1) is 10.2. The van der Waals surface area contributed by atoms with E-state index in [1.165, 1.54) is 25.0 Å². The van der Waals surface area contributed by atoms with Gasteiger partial charge < -0.3 is 11.1 Å². The second kappa shape index (κ2) is 8.10. The first-order valence-corrected chi connectivity index (χ1v) is 7.64. The monoisotopic (exact) mass is 293 g/mol. The summed E-state index contributed by atoms with van der Waals surface area (Å²) >= 11 is 0. The van der Waals surface area contributed by atoms with Crippen molar-refractivity contribution in [3.63, 3.8) is 0 Å². The average molecular weight is 293 g/mol. The number of nitrogens with zero attached hydrogens (tertiary/aromatic N) is 1. The molecule has 0 aromatic heterocycles. The van der Waals surface area contributed by atoms with Gasteiger partial charge in [-0.1, -0.05) is 18.6 Å². The van der Waals surface area contributed by atoms with E-state index in [4.69, 9.17) is 5.73 Å². The van der Waals surface area contributed by atoms with Crippen LogP contribution in [0.25, 0.3) is 0 Å². The van der Waals surface area contributed by atoms with Crippen LogP contribution in [0.2, 0.25) is 0 Å². The van der Waals surface area contributed by atoms with Gasteiger partial charge in [-0.25, -0.2) is 4.39 Å². The lowest BCUT2D eigenvalue weighted by Gasteiger charge is -2.35. The SMILES string of the molecule is NCCC(=O)NCC1CCCCN1Cc1ccc(F)cc1. The molecule has 1 amide bonds. The van der Waals surface area contributed by atoms with Crippen LogP contribution in [0.1, 0.15) is 31.2 Å². The highest BCUT2D eigenvalue weighted by atomic mass is 19.1. The average Bonchev–Trinajstić information content (AvgIpc) is 2.49. The van der Waals surface area contributed by atoms with E-state index in [9.17, 15) is 9.18 Å². The van der Waals surface area contributed by atoms with Gasteiger partial charge in [-0.05, 0) is 37.1 Å². The molecule has 1 fully saturated rings. The van der Waals surface area contributed by atoms with Crippen LogP contribution in [0.4, 0.5) is 4.39 Å². The van der Waals surface area contributed by atoms with Crippen molar-refractivity contribution in [1.82, 2.24) is 10.2 Å². The van der Waals surface area contributed by atoms with Crippen LogP contribution in [-0.2, 0) is 11.3 Å². The standard InChI is InChI=1S/C16H24FN3O/c17-14-6-4-13(5-7-14)12-20-10-2-1-3-15(20)11-19-16(21)8-9-18/h4-7,15H,1-3,8-12,18H2,(H,19,21). The summed E-state index contributed by atoms with van der Waals surface area (Å²) in [6, 6.07) is 7.00. The zero-order chi connectivity index (χ0) is 15.1. The maximum absolute atomic E-state index is 13.0. The fourth-order valence-corrected chi connectivity index (χ4v) is 2.77. The van der Waals surface area contributed by atoms with Gasteiger partial charge in [-0.15, -0.1) is 0 Å². The lowest BCUT2D eigenvalue weighted by molar-refractivity contribution is -0.121. The van der Waals surface area contributed by atoms with Gasteiger partial charge in [0.05, 0.1) is 0 Å². The molecular formula is C16H24FN3O. The molecule has 1 saturated heterocycles. The Hall–Kier alpha value is -1.46. The van der Waals surface area contributed by atoms with Gasteiger partial charge >= 0.3 is 0 Å². The van der Waals surface area contributed by atoms with Gasteiger partial charge in [0.2, 0.25) is 5.91 Å². The zero-order valence-electron chi connectivity index (χ0n) is 12.4. The van der Waals surface area contributed by atoms with Crippen molar-refractivity contribution in [3.8, 4) is 0 Å². The molecule has 1 aliphatic heterocycles. The molecule has 5 heteroatoms. The van der Waals surface area contributed by atoms with Crippen LogP contribution >= 0.6 is 0 Å². The number of likely N-dealkylation sites (tertiary alicyclic amines) is 1. The van der Waals surface area contributed by atoms with Crippen molar-refractivity contribution in [3.05, 3.63) is 35.6 Å². The molecule has 0 aliphatic carbocycles. The number of carbonyl (C=O) groups excluding carboxylic acids is 1. The largest absolute Gasteiger partial charge is 0.354 e. The second-order valence-corrected chi connectivity index (χ2v) is 5.59. The molecule has 1 aromatic carbocycles. The molecule has 4 nitrogen and oxygen atoms in total. The van der Waals surface area contributed by atoms with E-state index in [1.807, 2.05) is 12.1 Å². The third-order valence-electron chi connectivity index (χ3n) is 3.95. The van der Waals surface area contributed by atoms with Crippen molar-refractivity contribution in [2.45, 2.75) is 38.3 Å². The predicted octanol–water partition coefficient (Wildman–Crippen LogP) is 1.65. The molecule has 21 heavy (non-hydrogen) atoms. The van der Waals surface area contributed by atoms with Crippen LogP contribution in [0.5, 0.6) is 0 Å². The minimum absolute atomic E-state index is 0.0183. The fraction of sp³-hybridized carbons (Fsp3) is 0.562. The smallest absolute Gasteiger partial charge is 0.221 e. The summed E-state index contributed by atoms with van der Waals surface area (Å²) in [5.74, 6) is -0.187. The molecule has 1 unspecified atom stereocenters. The van der Waals surface area contributed by atoms with Crippen LogP contribution < -0.4 is 11.1 Å². The zero-order valence-corrected chi connectivity index (χ0v) is 12.4. The summed E-state index contributed by atoms with van der Waals surface area (Å²) in [6.07, 6.45) is 3.83. The Morgan fingerprint density at radius 2 is 2.10 bits per heavy atom. The molecule has 116 valence electrons. The Labute approximate surface area is 125 Å². The van der Waals surface area contributed by atoms with Gasteiger partial charge in [-0.2, -0.15) is 0 Å². The number of nitrogens with one attached hydrogen (secondary N) is 1. The number of benzene rings is 1. The number of piperidine rings is 1. The molecule has 1 atom stereocenters. The summed E-state index contributed by atoms with van der Waals surface area (Å²) in [5.41, 5.74) is 6.49. The number of rotatable bonds is 6. The van der Waals surface area contributed by atoms with E-state index in [0.29, 0.717) is 25.6 Å². The van der Waals surface area contributed by atoms with Gasteiger partial charge in [0.25, 0.3) is 0 Å². The van der Waals surface area contributed by atoms with Crippen molar-refractivity contribution in [2.24, 2.45) is 5.73 Å². The van der Waals surface area contributed by atoms with Crippen molar-refractivity contribution in [1.29, 1.82) is 0 Å². The molecule has 0 spiro atoms. The maximum Gasteiger partial charge on any atom is 0.221 e. The van der Waals surface area contributed by atoms with E-state index in [2.05, 4.69) is 10.2 Å². The second-order valence-electron chi connectivity index (χ2n) is 5.59. The summed E-state index contributed by atoms with van der Waals surface area (Å²) < 4.78 is 13.0. The molecule has 0 saturated carbocycles. The molecule has 1 heterocycles. The third-order valence-corrected chi connectivity index (χ3v) is 3.95. The Balaban J connectivity index is 1.89. The Kier molecular flexibility index (Phi) is 6.14. The highest BCUT2D eigenvalue weighted by Crippen LogP contribution is 2.19. The van der Waals surface area contributed by atoms with E-state index in [0.717, 1.165) is 25.1 Å². The minimum atomic E-state index is -0.206. The van der Waals surface area contributed by atoms with E-state index >= 15 is 0 Å². The predicted molar refractivity (Wildman–Crippen MR) is 81.1 cm³/mol. The number of amides is 1. The van der Waals surface area contributed by atoms with Gasteiger partial charge in [0, 0.05) is 32.1 Å². The van der Waals surface area contributed by atoms with Crippen LogP contribution in [0.3, 0.4) is 0 Å². The van der Waals surface area contributed by atoms with E-state index in [-0.39, 0.29) is 11.7 Å². The Bertz CT molecular complexity index is 449. The first kappa shape index (κ1) is 15.9. The minimum Gasteiger partial charge on any atom is -0.354 e. The maximum atomic E-state index is 13.0. The lowest BCUT2D eigenvalue weighted by Crippen LogP contribution is -2.46. The highest BCUT2D eigenvalue weighted by Gasteiger charge is 2.22. The van der Waals surface area contributed by atoms with Crippen LogP contribution in [0.15, 0.2) is 24.3 Å². The van der Waals surface area contributed by atoms with Crippen molar-refractivity contribution < 1.29 is 9.18 Å². The van der Waals surface area contributed by atoms with Gasteiger partial charge in [0.1, 0.15) is 5.82 Å². The molecule has 2 rings (SSSR count). The number of hydrogen-bond donors (Lipinski definition) is 2. The number of nitrogens with two attached hydrogens (primary N) is 1. The summed E-state index contributed by atoms with van der Waals surface area (Å²) in [6.45, 7) is 2.88. The Morgan fingerprint density at radius 3 is 2.81 bits per heavy atom. The fourth-order valence-electron chi connectivity index (χ4n) is 2.77. The third kappa shape index (κ3) is 5.10. The number of carbonyl (C=O) groups is 1. The number of halogens is 1. The van der Waals surface area contributed by atoms with Crippen LogP contribution in [0, 0.1) is 5.82 Å². The van der Waals surface area contributed by atoms with E-state index in [1.54, 1.807) is 0 Å². The Morgan fingerprint density at radius 1 is 1.33 bits per heavy atom. The molecule has 1 aliphatic rings. The molecule has 1 aromatic rings. The lowest BCUT2D eigenvalue weighted by atomic mass is 10.0. The first-order valence-electron chi connectivity index (χ1n) is 7.64. The summed E-state index contributed by atoms with van der Waals surface area (Å²) in [7, 11) is 0. The van der Waals surface area contributed by atoms with Crippen molar-refractivity contribution >= 4 is 5.91 Å². The van der Waals surface area contributed by atoms with E-state index < -0.39 is 0 Å². The van der Waals surface area contributed by atoms with Crippen molar-refractivity contribution in [2.75, 3.05) is 19.6 Å².